The lowest BCUT2D eigenvalue weighted by molar-refractivity contribution is -0.138. The first-order chi connectivity index (χ1) is 6.00. The molecule has 0 spiro atoms. The molecule has 0 saturated heterocycles. The van der Waals surface area contributed by atoms with E-state index in [4.69, 9.17) is 10.8 Å². The average Bonchev–Trinajstić information content (AvgIpc) is 2.30. The monoisotopic (exact) mass is 219 g/mol. The Morgan fingerprint density at radius 1 is 1.79 bits per heavy atom. The highest BCUT2D eigenvalue weighted by Gasteiger charge is 2.14. The molecular formula is C8H14ClN3O2. The van der Waals surface area contributed by atoms with Crippen LogP contribution in [0.5, 0.6) is 0 Å². The predicted molar refractivity (Wildman–Crippen MR) is 54.5 cm³/mol. The molecule has 80 valence electrons. The summed E-state index contributed by atoms with van der Waals surface area (Å²) in [5.41, 5.74) is 7.10. The third-order valence-electron chi connectivity index (χ3n) is 1.85. The molecule has 14 heavy (non-hydrogen) atoms. The van der Waals surface area contributed by atoms with Gasteiger partial charge in [0.25, 0.3) is 0 Å². The zero-order valence-electron chi connectivity index (χ0n) is 8.10. The number of aryl methyl sites for hydroxylation is 2. The molecule has 1 atom stereocenters. The molecule has 5 nitrogen and oxygen atoms in total. The Bertz CT molecular complexity index is 324. The maximum Gasteiger partial charge on any atom is 0.320 e. The molecule has 0 radical (unpaired) electrons. The van der Waals surface area contributed by atoms with Crippen molar-refractivity contribution in [3.05, 3.63) is 17.5 Å². The maximum absolute atomic E-state index is 10.5. The summed E-state index contributed by atoms with van der Waals surface area (Å²) in [5, 5.41) is 12.7. The maximum atomic E-state index is 10.5. The molecule has 0 amide bonds. The van der Waals surface area contributed by atoms with Gasteiger partial charge in [0.1, 0.15) is 6.04 Å². The molecule has 1 aromatic rings. The van der Waals surface area contributed by atoms with Crippen LogP contribution in [0, 0.1) is 6.92 Å². The number of halogens is 1. The number of carbonyl (C=O) groups is 1. The van der Waals surface area contributed by atoms with E-state index in [2.05, 4.69) is 5.10 Å². The van der Waals surface area contributed by atoms with E-state index in [1.807, 2.05) is 13.0 Å². The predicted octanol–water partition coefficient (Wildman–Crippen LogP) is 0.105. The van der Waals surface area contributed by atoms with Crippen LogP contribution in [0.25, 0.3) is 0 Å². The Balaban J connectivity index is 0.00000169. The smallest absolute Gasteiger partial charge is 0.320 e. The first kappa shape index (κ1) is 12.9. The van der Waals surface area contributed by atoms with Gasteiger partial charge >= 0.3 is 5.97 Å². The molecule has 0 saturated carbocycles. The minimum absolute atomic E-state index is 0. The van der Waals surface area contributed by atoms with Gasteiger partial charge in [0.2, 0.25) is 0 Å². The second-order valence-electron chi connectivity index (χ2n) is 3.05. The first-order valence-electron chi connectivity index (χ1n) is 3.98. The summed E-state index contributed by atoms with van der Waals surface area (Å²) >= 11 is 0. The molecule has 6 heteroatoms. The van der Waals surface area contributed by atoms with E-state index in [1.165, 1.54) is 0 Å². The molecule has 0 aliphatic carbocycles. The van der Waals surface area contributed by atoms with Crippen molar-refractivity contribution in [1.82, 2.24) is 9.78 Å². The topological polar surface area (TPSA) is 81.1 Å². The fourth-order valence-electron chi connectivity index (χ4n) is 1.17. The summed E-state index contributed by atoms with van der Waals surface area (Å²) < 4.78 is 1.65. The Morgan fingerprint density at radius 3 is 2.71 bits per heavy atom. The summed E-state index contributed by atoms with van der Waals surface area (Å²) in [6.45, 7) is 1.86. The number of aliphatic carboxylic acids is 1. The van der Waals surface area contributed by atoms with Crippen molar-refractivity contribution < 1.29 is 9.90 Å². The fraction of sp³-hybridized carbons (Fsp3) is 0.500. The Hall–Kier alpha value is -1.07. The van der Waals surface area contributed by atoms with Crippen LogP contribution in [0.1, 0.15) is 11.4 Å². The Morgan fingerprint density at radius 2 is 2.36 bits per heavy atom. The highest BCUT2D eigenvalue weighted by atomic mass is 35.5. The van der Waals surface area contributed by atoms with Crippen LogP contribution in [0.4, 0.5) is 0 Å². The molecule has 0 aliphatic heterocycles. The van der Waals surface area contributed by atoms with Crippen molar-refractivity contribution in [1.29, 1.82) is 0 Å². The second-order valence-corrected chi connectivity index (χ2v) is 3.05. The van der Waals surface area contributed by atoms with Gasteiger partial charge in [-0.1, -0.05) is 0 Å². The van der Waals surface area contributed by atoms with Crippen molar-refractivity contribution >= 4 is 18.4 Å². The van der Waals surface area contributed by atoms with Gasteiger partial charge in [-0.25, -0.2) is 0 Å². The molecule has 1 aromatic heterocycles. The number of carboxylic acids is 1. The van der Waals surface area contributed by atoms with E-state index in [0.717, 1.165) is 11.4 Å². The average molecular weight is 220 g/mol. The normalized spacial score (nSPS) is 11.9. The first-order valence-corrected chi connectivity index (χ1v) is 3.98. The van der Waals surface area contributed by atoms with Crippen molar-refractivity contribution in [2.45, 2.75) is 19.4 Å². The number of rotatable bonds is 3. The van der Waals surface area contributed by atoms with Crippen molar-refractivity contribution in [3.63, 3.8) is 0 Å². The highest BCUT2D eigenvalue weighted by molar-refractivity contribution is 5.85. The molecule has 1 unspecified atom stereocenters. The van der Waals surface area contributed by atoms with Gasteiger partial charge < -0.3 is 10.8 Å². The van der Waals surface area contributed by atoms with Crippen LogP contribution < -0.4 is 5.73 Å². The zero-order chi connectivity index (χ0) is 10.0. The summed E-state index contributed by atoms with van der Waals surface area (Å²) in [5.74, 6) is -0.987. The van der Waals surface area contributed by atoms with Crippen LogP contribution in [0.2, 0.25) is 0 Å². The van der Waals surface area contributed by atoms with Crippen molar-refractivity contribution in [3.8, 4) is 0 Å². The van der Waals surface area contributed by atoms with Crippen molar-refractivity contribution in [2.24, 2.45) is 12.8 Å². The van der Waals surface area contributed by atoms with E-state index < -0.39 is 12.0 Å². The van der Waals surface area contributed by atoms with E-state index in [0.29, 0.717) is 6.42 Å². The molecule has 0 fully saturated rings. The standard InChI is InChI=1S/C8H13N3O2.ClH/c1-5-3-6(11(2)10-5)4-7(9)8(12)13;/h3,7H,4,9H2,1-2H3,(H,12,13);1H. The van der Waals surface area contributed by atoms with Crippen LogP contribution in [0.3, 0.4) is 0 Å². The molecule has 1 heterocycles. The van der Waals surface area contributed by atoms with E-state index in [-0.39, 0.29) is 12.4 Å². The van der Waals surface area contributed by atoms with Crippen molar-refractivity contribution in [2.75, 3.05) is 0 Å². The molecule has 0 bridgehead atoms. The lowest BCUT2D eigenvalue weighted by Crippen LogP contribution is -2.32. The second kappa shape index (κ2) is 4.97. The van der Waals surface area contributed by atoms with Crippen LogP contribution in [-0.4, -0.2) is 26.9 Å². The number of carboxylic acid groups (broad SMARTS) is 1. The lowest BCUT2D eigenvalue weighted by Gasteiger charge is -2.05. The van der Waals surface area contributed by atoms with Gasteiger partial charge in [-0.2, -0.15) is 5.10 Å². The summed E-state index contributed by atoms with van der Waals surface area (Å²) in [6, 6.07) is 0.984. The van der Waals surface area contributed by atoms with E-state index >= 15 is 0 Å². The van der Waals surface area contributed by atoms with Gasteiger partial charge in [-0.3, -0.25) is 9.48 Å². The molecule has 0 aromatic carbocycles. The van der Waals surface area contributed by atoms with Crippen LogP contribution in [0.15, 0.2) is 6.07 Å². The number of nitrogens with two attached hydrogens (primary N) is 1. The lowest BCUT2D eigenvalue weighted by atomic mass is 10.1. The zero-order valence-corrected chi connectivity index (χ0v) is 8.91. The van der Waals surface area contributed by atoms with Gasteiger partial charge in [0.05, 0.1) is 5.69 Å². The largest absolute Gasteiger partial charge is 0.480 e. The van der Waals surface area contributed by atoms with Crippen LogP contribution >= 0.6 is 12.4 Å². The van der Waals surface area contributed by atoms with Gasteiger partial charge in [0, 0.05) is 19.2 Å². The summed E-state index contributed by atoms with van der Waals surface area (Å²) in [7, 11) is 1.77. The van der Waals surface area contributed by atoms with E-state index in [9.17, 15) is 4.79 Å². The minimum Gasteiger partial charge on any atom is -0.480 e. The number of nitrogens with zero attached hydrogens (tertiary/aromatic N) is 2. The third kappa shape index (κ3) is 3.01. The van der Waals surface area contributed by atoms with Crippen LogP contribution in [-0.2, 0) is 18.3 Å². The summed E-state index contributed by atoms with van der Waals surface area (Å²) in [6.07, 6.45) is 0.312. The molecule has 1 rings (SSSR count). The number of hydrogen-bond donors (Lipinski definition) is 2. The SMILES string of the molecule is Cc1cc(CC(N)C(=O)O)n(C)n1.Cl. The number of aromatic nitrogens is 2. The Kier molecular flexibility index (Phi) is 4.59. The molecular weight excluding hydrogens is 206 g/mol. The van der Waals surface area contributed by atoms with Gasteiger partial charge in [-0.05, 0) is 13.0 Å². The number of hydrogen-bond acceptors (Lipinski definition) is 3. The minimum atomic E-state index is -0.987. The van der Waals surface area contributed by atoms with Gasteiger partial charge in [0.15, 0.2) is 0 Å². The third-order valence-corrected chi connectivity index (χ3v) is 1.85. The van der Waals surface area contributed by atoms with E-state index in [1.54, 1.807) is 11.7 Å². The molecule has 3 N–H and O–H groups in total. The summed E-state index contributed by atoms with van der Waals surface area (Å²) in [4.78, 5) is 10.5. The Labute approximate surface area is 88.3 Å². The highest BCUT2D eigenvalue weighted by Crippen LogP contribution is 2.04. The van der Waals surface area contributed by atoms with Gasteiger partial charge in [-0.15, -0.1) is 12.4 Å². The fourth-order valence-corrected chi connectivity index (χ4v) is 1.17. The quantitative estimate of drug-likeness (QED) is 0.756. The molecule has 0 aliphatic rings.